The van der Waals surface area contributed by atoms with Crippen LogP contribution in [0, 0.1) is 11.3 Å². The van der Waals surface area contributed by atoms with E-state index in [2.05, 4.69) is 16.7 Å². The molecule has 22 heavy (non-hydrogen) atoms. The zero-order valence-corrected chi connectivity index (χ0v) is 13.8. The molecular formula is C16H19Cl2N3O. The van der Waals surface area contributed by atoms with Crippen molar-refractivity contribution >= 4 is 34.8 Å². The fourth-order valence-electron chi connectivity index (χ4n) is 2.75. The summed E-state index contributed by atoms with van der Waals surface area (Å²) in [6.45, 7) is 0.0834. The fourth-order valence-corrected chi connectivity index (χ4v) is 3.27. The number of benzene rings is 1. The summed E-state index contributed by atoms with van der Waals surface area (Å²) in [6.07, 6.45) is 5.64. The molecule has 1 aromatic carbocycles. The van der Waals surface area contributed by atoms with E-state index in [-0.39, 0.29) is 12.5 Å². The van der Waals surface area contributed by atoms with E-state index in [9.17, 15) is 10.1 Å². The molecule has 1 saturated carbocycles. The smallest absolute Gasteiger partial charge is 0.240 e. The van der Waals surface area contributed by atoms with Crippen LogP contribution in [-0.2, 0) is 4.79 Å². The number of halogens is 2. The highest BCUT2D eigenvalue weighted by Gasteiger charge is 2.32. The van der Waals surface area contributed by atoms with Gasteiger partial charge in [-0.3, -0.25) is 4.79 Å². The Hall–Kier alpha value is -1.44. The first-order chi connectivity index (χ1) is 10.5. The number of hydrogen-bond acceptors (Lipinski definition) is 3. The fraction of sp³-hybridized carbons (Fsp3) is 0.500. The molecule has 4 nitrogen and oxygen atoms in total. The SMILES string of the molecule is N#CC1(NC(=O)CNc2cc(Cl)cc(Cl)c2)CCCCCC1. The Morgan fingerprint density at radius 2 is 1.73 bits per heavy atom. The largest absolute Gasteiger partial charge is 0.376 e. The molecule has 0 aromatic heterocycles. The van der Waals surface area contributed by atoms with E-state index in [0.29, 0.717) is 15.7 Å². The monoisotopic (exact) mass is 339 g/mol. The number of rotatable bonds is 4. The van der Waals surface area contributed by atoms with Gasteiger partial charge < -0.3 is 10.6 Å². The van der Waals surface area contributed by atoms with Gasteiger partial charge >= 0.3 is 0 Å². The number of nitriles is 1. The van der Waals surface area contributed by atoms with Gasteiger partial charge in [0.1, 0.15) is 5.54 Å². The summed E-state index contributed by atoms with van der Waals surface area (Å²) >= 11 is 11.8. The van der Waals surface area contributed by atoms with E-state index in [1.807, 2.05) is 0 Å². The van der Waals surface area contributed by atoms with Crippen LogP contribution in [0.4, 0.5) is 5.69 Å². The lowest BCUT2D eigenvalue weighted by Crippen LogP contribution is -2.48. The number of carbonyl (C=O) groups excluding carboxylic acids is 1. The second-order valence-corrected chi connectivity index (χ2v) is 6.54. The molecule has 1 aromatic rings. The Labute approximate surface area is 140 Å². The molecule has 0 spiro atoms. The maximum absolute atomic E-state index is 12.1. The minimum Gasteiger partial charge on any atom is -0.376 e. The molecule has 1 aliphatic rings. The molecule has 1 amide bonds. The molecule has 1 fully saturated rings. The third kappa shape index (κ3) is 4.79. The number of nitrogens with zero attached hydrogens (tertiary/aromatic N) is 1. The predicted octanol–water partition coefficient (Wildman–Crippen LogP) is 4.14. The summed E-state index contributed by atoms with van der Waals surface area (Å²) in [7, 11) is 0. The van der Waals surface area contributed by atoms with Crippen LogP contribution < -0.4 is 10.6 Å². The number of hydrogen-bond donors (Lipinski definition) is 2. The molecule has 2 rings (SSSR count). The van der Waals surface area contributed by atoms with Crippen LogP contribution in [0.5, 0.6) is 0 Å². The van der Waals surface area contributed by atoms with E-state index in [1.165, 1.54) is 0 Å². The Bertz CT molecular complexity index is 555. The summed E-state index contributed by atoms with van der Waals surface area (Å²) in [6, 6.07) is 7.33. The standard InChI is InChI=1S/C16H19Cl2N3O/c17-12-7-13(18)9-14(8-12)20-10-15(22)21-16(11-19)5-3-1-2-4-6-16/h7-9,20H,1-6,10H2,(H,21,22). The minimum atomic E-state index is -0.721. The first-order valence-electron chi connectivity index (χ1n) is 7.45. The maximum atomic E-state index is 12.1. The van der Waals surface area contributed by atoms with Crippen LogP contribution >= 0.6 is 23.2 Å². The average molecular weight is 340 g/mol. The van der Waals surface area contributed by atoms with E-state index >= 15 is 0 Å². The van der Waals surface area contributed by atoms with Gasteiger partial charge in [-0.2, -0.15) is 5.26 Å². The summed E-state index contributed by atoms with van der Waals surface area (Å²) < 4.78 is 0. The number of carbonyl (C=O) groups is 1. The Balaban J connectivity index is 1.93. The zero-order chi connectivity index (χ0) is 16.0. The van der Waals surface area contributed by atoms with Crippen molar-refractivity contribution in [3.05, 3.63) is 28.2 Å². The van der Waals surface area contributed by atoms with Crippen LogP contribution in [0.3, 0.4) is 0 Å². The van der Waals surface area contributed by atoms with E-state index in [0.717, 1.165) is 38.5 Å². The molecular weight excluding hydrogens is 321 g/mol. The molecule has 0 aliphatic heterocycles. The van der Waals surface area contributed by atoms with Crippen molar-refractivity contribution in [3.63, 3.8) is 0 Å². The van der Waals surface area contributed by atoms with Gasteiger partial charge in [0.15, 0.2) is 0 Å². The van der Waals surface area contributed by atoms with Crippen molar-refractivity contribution < 1.29 is 4.79 Å². The van der Waals surface area contributed by atoms with Crippen LogP contribution in [0.2, 0.25) is 10.0 Å². The van der Waals surface area contributed by atoms with Crippen molar-refractivity contribution in [1.82, 2.24) is 5.32 Å². The van der Waals surface area contributed by atoms with Gasteiger partial charge in [-0.15, -0.1) is 0 Å². The lowest BCUT2D eigenvalue weighted by atomic mass is 9.92. The quantitative estimate of drug-likeness (QED) is 0.810. The van der Waals surface area contributed by atoms with Crippen LogP contribution in [0.15, 0.2) is 18.2 Å². The summed E-state index contributed by atoms with van der Waals surface area (Å²) in [5, 5.41) is 16.3. The molecule has 0 radical (unpaired) electrons. The van der Waals surface area contributed by atoms with Gasteiger partial charge in [0.2, 0.25) is 5.91 Å². The van der Waals surface area contributed by atoms with Gasteiger partial charge in [0.05, 0.1) is 12.6 Å². The summed E-state index contributed by atoms with van der Waals surface area (Å²) in [5.74, 6) is -0.195. The first kappa shape index (κ1) is 16.9. The molecule has 0 unspecified atom stereocenters. The van der Waals surface area contributed by atoms with E-state index in [1.54, 1.807) is 18.2 Å². The van der Waals surface area contributed by atoms with Crippen molar-refractivity contribution in [3.8, 4) is 6.07 Å². The lowest BCUT2D eigenvalue weighted by molar-refractivity contribution is -0.120. The van der Waals surface area contributed by atoms with Crippen LogP contribution in [-0.4, -0.2) is 18.0 Å². The first-order valence-corrected chi connectivity index (χ1v) is 8.21. The van der Waals surface area contributed by atoms with E-state index < -0.39 is 5.54 Å². The summed E-state index contributed by atoms with van der Waals surface area (Å²) in [4.78, 5) is 12.1. The van der Waals surface area contributed by atoms with Gasteiger partial charge in [0, 0.05) is 15.7 Å². The number of amides is 1. The molecule has 6 heteroatoms. The van der Waals surface area contributed by atoms with Crippen molar-refractivity contribution in [2.24, 2.45) is 0 Å². The Morgan fingerprint density at radius 3 is 2.27 bits per heavy atom. The second kappa shape index (κ2) is 7.71. The van der Waals surface area contributed by atoms with Crippen molar-refractivity contribution in [2.75, 3.05) is 11.9 Å². The average Bonchev–Trinajstić information content (AvgIpc) is 2.70. The third-order valence-corrected chi connectivity index (χ3v) is 4.30. The Morgan fingerprint density at radius 1 is 1.14 bits per heavy atom. The van der Waals surface area contributed by atoms with Crippen molar-refractivity contribution in [2.45, 2.75) is 44.1 Å². The molecule has 1 aliphatic carbocycles. The zero-order valence-electron chi connectivity index (χ0n) is 12.3. The highest BCUT2D eigenvalue weighted by Crippen LogP contribution is 2.26. The second-order valence-electron chi connectivity index (χ2n) is 5.67. The lowest BCUT2D eigenvalue weighted by Gasteiger charge is -2.26. The third-order valence-electron chi connectivity index (χ3n) is 3.87. The Kier molecular flexibility index (Phi) is 5.93. The normalized spacial score (nSPS) is 17.1. The van der Waals surface area contributed by atoms with Gasteiger partial charge in [-0.1, -0.05) is 48.9 Å². The van der Waals surface area contributed by atoms with Gasteiger partial charge in [-0.05, 0) is 31.0 Å². The molecule has 118 valence electrons. The van der Waals surface area contributed by atoms with E-state index in [4.69, 9.17) is 23.2 Å². The maximum Gasteiger partial charge on any atom is 0.240 e. The van der Waals surface area contributed by atoms with Crippen LogP contribution in [0.25, 0.3) is 0 Å². The number of nitrogens with one attached hydrogen (secondary N) is 2. The number of anilines is 1. The van der Waals surface area contributed by atoms with Gasteiger partial charge in [0.25, 0.3) is 0 Å². The molecule has 2 N–H and O–H groups in total. The minimum absolute atomic E-state index is 0.0834. The summed E-state index contributed by atoms with van der Waals surface area (Å²) in [5.41, 5.74) is -0.0409. The molecule has 0 atom stereocenters. The van der Waals surface area contributed by atoms with Gasteiger partial charge in [-0.25, -0.2) is 0 Å². The highest BCUT2D eigenvalue weighted by atomic mass is 35.5. The predicted molar refractivity (Wildman–Crippen MR) is 89.1 cm³/mol. The van der Waals surface area contributed by atoms with Crippen molar-refractivity contribution in [1.29, 1.82) is 5.26 Å². The topological polar surface area (TPSA) is 64.9 Å². The molecule has 0 saturated heterocycles. The molecule has 0 bridgehead atoms. The van der Waals surface area contributed by atoms with Crippen LogP contribution in [0.1, 0.15) is 38.5 Å². The highest BCUT2D eigenvalue weighted by molar-refractivity contribution is 6.35. The molecule has 0 heterocycles.